The summed E-state index contributed by atoms with van der Waals surface area (Å²) in [4.78, 5) is 0. The van der Waals surface area contributed by atoms with E-state index >= 15 is 0 Å². The third kappa shape index (κ3) is 1.96. The molecule has 0 amide bonds. The van der Waals surface area contributed by atoms with Gasteiger partial charge in [0.1, 0.15) is 0 Å². The molecule has 0 radical (unpaired) electrons. The molecule has 3 aromatic rings. The molecule has 0 spiro atoms. The van der Waals surface area contributed by atoms with Gasteiger partial charge < -0.3 is 5.73 Å². The van der Waals surface area contributed by atoms with Crippen LogP contribution in [0.1, 0.15) is 17.0 Å². The van der Waals surface area contributed by atoms with Crippen molar-refractivity contribution in [2.45, 2.75) is 20.4 Å². The van der Waals surface area contributed by atoms with E-state index in [2.05, 4.69) is 52.2 Å². The van der Waals surface area contributed by atoms with E-state index in [1.54, 1.807) is 0 Å². The highest BCUT2D eigenvalue weighted by molar-refractivity contribution is 9.10. The van der Waals surface area contributed by atoms with Gasteiger partial charge in [-0.1, -0.05) is 30.3 Å². The minimum Gasteiger partial charge on any atom is -0.326 e. The van der Waals surface area contributed by atoms with Gasteiger partial charge in [-0.2, -0.15) is 5.10 Å². The van der Waals surface area contributed by atoms with E-state index in [0.29, 0.717) is 6.54 Å². The third-order valence-electron chi connectivity index (χ3n) is 3.64. The molecule has 2 N–H and O–H groups in total. The molecular weight excluding hydrogens is 314 g/mol. The molecule has 102 valence electrons. The average Bonchev–Trinajstić information content (AvgIpc) is 2.73. The summed E-state index contributed by atoms with van der Waals surface area (Å²) in [5, 5.41) is 6.99. The fraction of sp³-hybridized carbons (Fsp3) is 0.188. The van der Waals surface area contributed by atoms with Crippen molar-refractivity contribution in [3.63, 3.8) is 0 Å². The van der Waals surface area contributed by atoms with Crippen LogP contribution in [0.3, 0.4) is 0 Å². The normalized spacial score (nSPS) is 11.2. The second-order valence-corrected chi connectivity index (χ2v) is 5.68. The fourth-order valence-electron chi connectivity index (χ4n) is 2.57. The molecule has 1 aromatic heterocycles. The van der Waals surface area contributed by atoms with Gasteiger partial charge in [0.15, 0.2) is 0 Å². The molecule has 2 aromatic carbocycles. The number of aryl methyl sites for hydroxylation is 1. The van der Waals surface area contributed by atoms with Crippen LogP contribution in [0.5, 0.6) is 0 Å². The van der Waals surface area contributed by atoms with Gasteiger partial charge in [-0.05, 0) is 46.8 Å². The summed E-state index contributed by atoms with van der Waals surface area (Å²) in [5.74, 6) is 0. The number of fused-ring (bicyclic) bond motifs is 1. The number of benzene rings is 2. The molecule has 0 aliphatic heterocycles. The van der Waals surface area contributed by atoms with Gasteiger partial charge >= 0.3 is 0 Å². The molecule has 0 bridgehead atoms. The lowest BCUT2D eigenvalue weighted by atomic mass is 10.0. The molecule has 0 saturated carbocycles. The van der Waals surface area contributed by atoms with Gasteiger partial charge in [0.25, 0.3) is 0 Å². The standard InChI is InChI=1S/C16H16BrN3/c1-10-16(17)11(2)20(19-10)15-8-7-12(9-18)13-5-3-4-6-14(13)15/h3-8H,9,18H2,1-2H3. The van der Waals surface area contributed by atoms with Crippen LogP contribution in [0.2, 0.25) is 0 Å². The monoisotopic (exact) mass is 329 g/mol. The summed E-state index contributed by atoms with van der Waals surface area (Å²) in [7, 11) is 0. The van der Waals surface area contributed by atoms with Crippen LogP contribution in [0.15, 0.2) is 40.9 Å². The van der Waals surface area contributed by atoms with Gasteiger partial charge in [0.2, 0.25) is 0 Å². The van der Waals surface area contributed by atoms with E-state index in [1.165, 1.54) is 10.8 Å². The number of hydrogen-bond acceptors (Lipinski definition) is 2. The SMILES string of the molecule is Cc1nn(-c2ccc(CN)c3ccccc23)c(C)c1Br. The Bertz CT molecular complexity index is 790. The zero-order valence-electron chi connectivity index (χ0n) is 11.5. The molecule has 0 fully saturated rings. The van der Waals surface area contributed by atoms with Crippen molar-refractivity contribution in [2.75, 3.05) is 0 Å². The Morgan fingerprint density at radius 2 is 1.80 bits per heavy atom. The van der Waals surface area contributed by atoms with Crippen molar-refractivity contribution in [1.29, 1.82) is 0 Å². The van der Waals surface area contributed by atoms with E-state index in [-0.39, 0.29) is 0 Å². The summed E-state index contributed by atoms with van der Waals surface area (Å²) in [6.07, 6.45) is 0. The number of nitrogens with two attached hydrogens (primary N) is 1. The molecule has 0 aliphatic carbocycles. The maximum absolute atomic E-state index is 5.83. The number of aromatic nitrogens is 2. The van der Waals surface area contributed by atoms with E-state index in [9.17, 15) is 0 Å². The van der Waals surface area contributed by atoms with Gasteiger partial charge in [-0.3, -0.25) is 0 Å². The van der Waals surface area contributed by atoms with Gasteiger partial charge in [-0.25, -0.2) is 4.68 Å². The molecule has 0 atom stereocenters. The molecule has 1 heterocycles. The van der Waals surface area contributed by atoms with Crippen LogP contribution in [0.4, 0.5) is 0 Å². The summed E-state index contributed by atoms with van der Waals surface area (Å²) in [6, 6.07) is 12.5. The molecule has 0 saturated heterocycles. The highest BCUT2D eigenvalue weighted by Gasteiger charge is 2.13. The van der Waals surface area contributed by atoms with E-state index in [0.717, 1.165) is 27.1 Å². The van der Waals surface area contributed by atoms with Crippen molar-refractivity contribution in [2.24, 2.45) is 5.73 Å². The Kier molecular flexibility index (Phi) is 3.36. The van der Waals surface area contributed by atoms with Gasteiger partial charge in [0.05, 0.1) is 21.5 Å². The van der Waals surface area contributed by atoms with Crippen LogP contribution in [0.25, 0.3) is 16.5 Å². The van der Waals surface area contributed by atoms with Crippen molar-refractivity contribution in [3.8, 4) is 5.69 Å². The lowest BCUT2D eigenvalue weighted by Gasteiger charge is -2.11. The molecule has 3 rings (SSSR count). The minimum absolute atomic E-state index is 0.543. The Hall–Kier alpha value is -1.65. The van der Waals surface area contributed by atoms with Crippen LogP contribution in [-0.2, 0) is 6.54 Å². The fourth-order valence-corrected chi connectivity index (χ4v) is 2.81. The maximum Gasteiger partial charge on any atom is 0.0743 e. The van der Waals surface area contributed by atoms with Gasteiger partial charge in [0, 0.05) is 11.9 Å². The molecule has 3 nitrogen and oxygen atoms in total. The Morgan fingerprint density at radius 1 is 1.10 bits per heavy atom. The summed E-state index contributed by atoms with van der Waals surface area (Å²) < 4.78 is 3.05. The van der Waals surface area contributed by atoms with Crippen molar-refractivity contribution < 1.29 is 0 Å². The average molecular weight is 330 g/mol. The number of rotatable bonds is 2. The summed E-state index contributed by atoms with van der Waals surface area (Å²) >= 11 is 3.59. The first-order chi connectivity index (χ1) is 9.63. The predicted octanol–water partition coefficient (Wildman–Crippen LogP) is 3.86. The number of hydrogen-bond donors (Lipinski definition) is 1. The Labute approximate surface area is 126 Å². The highest BCUT2D eigenvalue weighted by Crippen LogP contribution is 2.29. The first-order valence-corrected chi connectivity index (χ1v) is 7.35. The number of halogens is 1. The van der Waals surface area contributed by atoms with Crippen molar-refractivity contribution in [3.05, 3.63) is 57.8 Å². The van der Waals surface area contributed by atoms with Crippen LogP contribution in [0, 0.1) is 13.8 Å². The predicted molar refractivity (Wildman–Crippen MR) is 86.1 cm³/mol. The van der Waals surface area contributed by atoms with E-state index < -0.39 is 0 Å². The minimum atomic E-state index is 0.543. The number of nitrogens with zero attached hydrogens (tertiary/aromatic N) is 2. The molecule has 20 heavy (non-hydrogen) atoms. The lowest BCUT2D eigenvalue weighted by Crippen LogP contribution is -2.03. The topological polar surface area (TPSA) is 43.8 Å². The summed E-state index contributed by atoms with van der Waals surface area (Å²) in [6.45, 7) is 4.61. The van der Waals surface area contributed by atoms with E-state index in [1.807, 2.05) is 23.7 Å². The highest BCUT2D eigenvalue weighted by atomic mass is 79.9. The van der Waals surface area contributed by atoms with E-state index in [4.69, 9.17) is 5.73 Å². The first kappa shape index (κ1) is 13.3. The smallest absolute Gasteiger partial charge is 0.0743 e. The molecule has 0 unspecified atom stereocenters. The van der Waals surface area contributed by atoms with Crippen LogP contribution < -0.4 is 5.73 Å². The third-order valence-corrected chi connectivity index (χ3v) is 4.79. The Balaban J connectivity index is 2.35. The summed E-state index contributed by atoms with van der Waals surface area (Å²) in [5.41, 5.74) is 10.2. The zero-order valence-corrected chi connectivity index (χ0v) is 13.1. The second kappa shape index (κ2) is 5.04. The Morgan fingerprint density at radius 3 is 2.40 bits per heavy atom. The molecule has 4 heteroatoms. The van der Waals surface area contributed by atoms with Crippen LogP contribution >= 0.6 is 15.9 Å². The zero-order chi connectivity index (χ0) is 14.3. The van der Waals surface area contributed by atoms with Crippen molar-refractivity contribution >= 4 is 26.7 Å². The van der Waals surface area contributed by atoms with Crippen LogP contribution in [-0.4, -0.2) is 9.78 Å². The largest absolute Gasteiger partial charge is 0.326 e. The maximum atomic E-state index is 5.83. The molecular formula is C16H16BrN3. The van der Waals surface area contributed by atoms with Gasteiger partial charge in [-0.15, -0.1) is 0 Å². The molecule has 0 aliphatic rings. The quantitative estimate of drug-likeness (QED) is 0.775. The second-order valence-electron chi connectivity index (χ2n) is 4.89. The first-order valence-electron chi connectivity index (χ1n) is 6.56. The lowest BCUT2D eigenvalue weighted by molar-refractivity contribution is 0.839. The van der Waals surface area contributed by atoms with Crippen molar-refractivity contribution in [1.82, 2.24) is 9.78 Å².